The van der Waals surface area contributed by atoms with Crippen LogP contribution in [0.25, 0.3) is 0 Å². The molecule has 0 aliphatic carbocycles. The maximum atomic E-state index is 10.8. The van der Waals surface area contributed by atoms with Crippen LogP contribution in [0.3, 0.4) is 0 Å². The molecule has 70 valence electrons. The van der Waals surface area contributed by atoms with Crippen molar-refractivity contribution in [3.8, 4) is 0 Å². The van der Waals surface area contributed by atoms with Gasteiger partial charge in [-0.1, -0.05) is 19.3 Å². The second-order valence-electron chi connectivity index (χ2n) is 3.27. The molecule has 1 aliphatic heterocycles. The van der Waals surface area contributed by atoms with Crippen molar-refractivity contribution in [2.45, 2.75) is 38.3 Å². The molecule has 0 saturated carbocycles. The molecule has 1 heterocycles. The Balaban J connectivity index is 2.53. The highest BCUT2D eigenvalue weighted by molar-refractivity contribution is 6.69. The van der Waals surface area contributed by atoms with Crippen molar-refractivity contribution < 1.29 is 13.6 Å². The van der Waals surface area contributed by atoms with Gasteiger partial charge in [0.25, 0.3) is 5.97 Å². The predicted octanol–water partition coefficient (Wildman–Crippen LogP) is 1.82. The van der Waals surface area contributed by atoms with E-state index >= 15 is 0 Å². The third-order valence-corrected chi connectivity index (χ3v) is 5.95. The number of hydrogen-bond donors (Lipinski definition) is 0. The van der Waals surface area contributed by atoms with Gasteiger partial charge in [-0.3, -0.25) is 4.79 Å². The van der Waals surface area contributed by atoms with Crippen LogP contribution in [-0.2, 0) is 13.6 Å². The zero-order valence-corrected chi connectivity index (χ0v) is 8.76. The van der Waals surface area contributed by atoms with Gasteiger partial charge in [0, 0.05) is 26.1 Å². The van der Waals surface area contributed by atoms with Crippen molar-refractivity contribution in [1.82, 2.24) is 0 Å². The molecule has 0 aromatic heterocycles. The number of carbonyl (C=O) groups is 1. The van der Waals surface area contributed by atoms with Crippen LogP contribution >= 0.6 is 0 Å². The second-order valence-corrected chi connectivity index (χ2v) is 6.70. The minimum atomic E-state index is -2.07. The van der Waals surface area contributed by atoms with E-state index < -0.39 is 8.56 Å². The van der Waals surface area contributed by atoms with Crippen molar-refractivity contribution in [2.24, 2.45) is 0 Å². The van der Waals surface area contributed by atoms with Crippen molar-refractivity contribution in [2.75, 3.05) is 7.11 Å². The first-order valence-corrected chi connectivity index (χ1v) is 6.66. The van der Waals surface area contributed by atoms with Gasteiger partial charge < -0.3 is 8.85 Å². The summed E-state index contributed by atoms with van der Waals surface area (Å²) in [5.74, 6) is -0.189. The van der Waals surface area contributed by atoms with Gasteiger partial charge in [-0.15, -0.1) is 0 Å². The largest absolute Gasteiger partial charge is 0.494 e. The fourth-order valence-corrected chi connectivity index (χ4v) is 4.75. The topological polar surface area (TPSA) is 35.5 Å². The zero-order chi connectivity index (χ0) is 9.03. The number of hydrogen-bond acceptors (Lipinski definition) is 3. The highest BCUT2D eigenvalue weighted by atomic mass is 28.4. The van der Waals surface area contributed by atoms with E-state index in [2.05, 4.69) is 0 Å². The molecule has 1 saturated heterocycles. The monoisotopic (exact) mass is 188 g/mol. The summed E-state index contributed by atoms with van der Waals surface area (Å²) in [7, 11) is -0.402. The van der Waals surface area contributed by atoms with E-state index in [4.69, 9.17) is 8.85 Å². The Labute approximate surface area is 74.3 Å². The summed E-state index contributed by atoms with van der Waals surface area (Å²) in [5.41, 5.74) is 0. The van der Waals surface area contributed by atoms with Crippen LogP contribution < -0.4 is 0 Å². The van der Waals surface area contributed by atoms with Gasteiger partial charge in [0.2, 0.25) is 0 Å². The van der Waals surface area contributed by atoms with E-state index in [1.807, 2.05) is 0 Å². The molecule has 0 amide bonds. The first-order valence-electron chi connectivity index (χ1n) is 4.43. The molecule has 0 spiro atoms. The van der Waals surface area contributed by atoms with Gasteiger partial charge in [-0.05, 0) is 0 Å². The van der Waals surface area contributed by atoms with E-state index in [-0.39, 0.29) is 5.97 Å². The summed E-state index contributed by atoms with van der Waals surface area (Å²) in [4.78, 5) is 10.8. The average Bonchev–Trinajstić information content (AvgIpc) is 2.05. The van der Waals surface area contributed by atoms with Gasteiger partial charge in [0.15, 0.2) is 0 Å². The van der Waals surface area contributed by atoms with Gasteiger partial charge >= 0.3 is 8.56 Å². The van der Waals surface area contributed by atoms with Crippen LogP contribution in [0, 0.1) is 0 Å². The zero-order valence-electron chi connectivity index (χ0n) is 7.76. The molecule has 3 nitrogen and oxygen atoms in total. The van der Waals surface area contributed by atoms with Crippen molar-refractivity contribution in [1.29, 1.82) is 0 Å². The molecule has 1 fully saturated rings. The van der Waals surface area contributed by atoms with Gasteiger partial charge in [0.05, 0.1) is 0 Å². The highest BCUT2D eigenvalue weighted by Gasteiger charge is 2.40. The first-order chi connectivity index (χ1) is 5.68. The lowest BCUT2D eigenvalue weighted by Crippen LogP contribution is -2.43. The minimum Gasteiger partial charge on any atom is -0.494 e. The fraction of sp³-hybridized carbons (Fsp3) is 0.875. The molecule has 0 radical (unpaired) electrons. The van der Waals surface area contributed by atoms with Crippen LogP contribution in [0.5, 0.6) is 0 Å². The Morgan fingerprint density at radius 1 is 1.25 bits per heavy atom. The molecule has 1 aliphatic rings. The smallest absolute Gasteiger partial charge is 0.401 e. The molecular formula is C8H16O3Si. The lowest BCUT2D eigenvalue weighted by molar-refractivity contribution is -0.134. The van der Waals surface area contributed by atoms with E-state index in [0.29, 0.717) is 0 Å². The first kappa shape index (κ1) is 9.73. The lowest BCUT2D eigenvalue weighted by Gasteiger charge is -2.31. The SMILES string of the molecule is CO[Si]1(OC(C)=O)CCCCC1. The quantitative estimate of drug-likeness (QED) is 0.620. The molecule has 0 atom stereocenters. The third kappa shape index (κ3) is 2.32. The van der Waals surface area contributed by atoms with Crippen molar-refractivity contribution >= 4 is 14.5 Å². The summed E-state index contributed by atoms with van der Waals surface area (Å²) in [6.45, 7) is 1.46. The fourth-order valence-electron chi connectivity index (χ4n) is 1.70. The summed E-state index contributed by atoms with van der Waals surface area (Å²) >= 11 is 0. The Hall–Kier alpha value is -0.353. The van der Waals surface area contributed by atoms with Crippen LogP contribution in [-0.4, -0.2) is 21.6 Å². The average molecular weight is 188 g/mol. The molecule has 0 N–H and O–H groups in total. The summed E-state index contributed by atoms with van der Waals surface area (Å²) in [6.07, 6.45) is 3.54. The van der Waals surface area contributed by atoms with Gasteiger partial charge in [0.1, 0.15) is 0 Å². The van der Waals surface area contributed by atoms with E-state index in [9.17, 15) is 4.79 Å². The van der Waals surface area contributed by atoms with Crippen molar-refractivity contribution in [3.63, 3.8) is 0 Å². The lowest BCUT2D eigenvalue weighted by atomic mass is 10.3. The molecule has 0 unspecified atom stereocenters. The van der Waals surface area contributed by atoms with E-state index in [1.54, 1.807) is 7.11 Å². The third-order valence-electron chi connectivity index (χ3n) is 2.32. The number of carbonyl (C=O) groups excluding carboxylic acids is 1. The molecule has 1 rings (SSSR count). The van der Waals surface area contributed by atoms with Gasteiger partial charge in [-0.25, -0.2) is 0 Å². The molecule has 12 heavy (non-hydrogen) atoms. The summed E-state index contributed by atoms with van der Waals surface area (Å²) in [6, 6.07) is 1.95. The summed E-state index contributed by atoms with van der Waals surface area (Å²) in [5, 5.41) is 0. The van der Waals surface area contributed by atoms with Crippen LogP contribution in [0.4, 0.5) is 0 Å². The van der Waals surface area contributed by atoms with E-state index in [1.165, 1.54) is 13.3 Å². The predicted molar refractivity (Wildman–Crippen MR) is 48.0 cm³/mol. The normalized spacial score (nSPS) is 21.8. The molecular weight excluding hydrogens is 172 g/mol. The van der Waals surface area contributed by atoms with Gasteiger partial charge in [-0.2, -0.15) is 0 Å². The molecule has 0 aromatic rings. The maximum absolute atomic E-state index is 10.8. The van der Waals surface area contributed by atoms with Crippen molar-refractivity contribution in [3.05, 3.63) is 0 Å². The van der Waals surface area contributed by atoms with E-state index in [0.717, 1.165) is 24.9 Å². The molecule has 4 heteroatoms. The Morgan fingerprint density at radius 3 is 2.25 bits per heavy atom. The minimum absolute atomic E-state index is 0.189. The Morgan fingerprint density at radius 2 is 1.83 bits per heavy atom. The molecule has 0 bridgehead atoms. The standard InChI is InChI=1S/C8H16O3Si/c1-8(9)11-12(10-2)6-4-3-5-7-12/h3-7H2,1-2H3. The Bertz CT molecular complexity index is 164. The molecule has 0 aromatic carbocycles. The second kappa shape index (κ2) is 4.05. The van der Waals surface area contributed by atoms with Crippen LogP contribution in [0.2, 0.25) is 12.1 Å². The maximum Gasteiger partial charge on any atom is 0.401 e. The number of rotatable bonds is 2. The highest BCUT2D eigenvalue weighted by Crippen LogP contribution is 2.29. The van der Waals surface area contributed by atoms with Crippen LogP contribution in [0.15, 0.2) is 0 Å². The van der Waals surface area contributed by atoms with Crippen LogP contribution in [0.1, 0.15) is 26.2 Å². The summed E-state index contributed by atoms with van der Waals surface area (Å²) < 4.78 is 10.7. The Kier molecular flexibility index (Phi) is 3.28.